The first-order valence-corrected chi connectivity index (χ1v) is 12.7. The Bertz CT molecular complexity index is 1240. The molecule has 2 aromatic carbocycles. The van der Waals surface area contributed by atoms with Gasteiger partial charge in [0, 0.05) is 22.2 Å². The average Bonchev–Trinajstić information content (AvgIpc) is 2.85. The molecule has 1 aliphatic heterocycles. The Morgan fingerprint density at radius 3 is 2.61 bits per heavy atom. The number of nitrogens with zero attached hydrogens (tertiary/aromatic N) is 1. The Labute approximate surface area is 219 Å². The zero-order chi connectivity index (χ0) is 26.2. The van der Waals surface area contributed by atoms with Crippen LogP contribution in [0.4, 0.5) is 5.69 Å². The van der Waals surface area contributed by atoms with Crippen molar-refractivity contribution in [3.63, 3.8) is 0 Å². The maximum atomic E-state index is 13.1. The second-order valence-electron chi connectivity index (χ2n) is 7.82. The number of benzene rings is 2. The van der Waals surface area contributed by atoms with Crippen molar-refractivity contribution in [2.75, 3.05) is 24.3 Å². The lowest BCUT2D eigenvalue weighted by Crippen LogP contribution is -2.44. The quantitative estimate of drug-likeness (QED) is 0.363. The third-order valence-electron chi connectivity index (χ3n) is 5.43. The van der Waals surface area contributed by atoms with Crippen LogP contribution < -0.4 is 15.4 Å². The molecule has 0 spiro atoms. The molecule has 0 saturated heterocycles. The van der Waals surface area contributed by atoms with Crippen molar-refractivity contribution in [3.05, 3.63) is 69.2 Å². The lowest BCUT2D eigenvalue weighted by atomic mass is 9.78. The molecule has 0 aliphatic carbocycles. The number of nitrogens with one attached hydrogen (secondary N) is 2. The van der Waals surface area contributed by atoms with Crippen LogP contribution in [0, 0.1) is 24.2 Å². The van der Waals surface area contributed by atoms with Crippen molar-refractivity contribution < 1.29 is 23.9 Å². The number of rotatable bonds is 9. The maximum absolute atomic E-state index is 13.1. The number of nitriles is 1. The topological polar surface area (TPSA) is 118 Å². The first-order chi connectivity index (χ1) is 17.3. The minimum absolute atomic E-state index is 0.0822. The van der Waals surface area contributed by atoms with Gasteiger partial charge in [0.05, 0.1) is 35.6 Å². The Balaban J connectivity index is 1.94. The molecule has 3 rings (SSSR count). The Kier molecular flexibility index (Phi) is 9.39. The van der Waals surface area contributed by atoms with E-state index in [1.54, 1.807) is 49.4 Å². The van der Waals surface area contributed by atoms with Gasteiger partial charge in [0.25, 0.3) is 0 Å². The number of halogens is 1. The van der Waals surface area contributed by atoms with Gasteiger partial charge in [-0.2, -0.15) is 5.26 Å². The highest BCUT2D eigenvalue weighted by atomic mass is 35.5. The van der Waals surface area contributed by atoms with Crippen molar-refractivity contribution in [2.45, 2.75) is 26.7 Å². The van der Waals surface area contributed by atoms with Crippen LogP contribution in [0.5, 0.6) is 5.75 Å². The lowest BCUT2D eigenvalue weighted by Gasteiger charge is -2.32. The highest BCUT2D eigenvalue weighted by Crippen LogP contribution is 2.43. The molecule has 1 aliphatic rings. The van der Waals surface area contributed by atoms with Crippen LogP contribution in [0.15, 0.2) is 53.1 Å². The zero-order valence-corrected chi connectivity index (χ0v) is 21.7. The van der Waals surface area contributed by atoms with Crippen molar-refractivity contribution in [3.8, 4) is 11.8 Å². The molecule has 2 amide bonds. The average molecular weight is 528 g/mol. The number of hydrogen-bond acceptors (Lipinski definition) is 7. The summed E-state index contributed by atoms with van der Waals surface area (Å²) >= 11 is 7.13. The molecule has 0 unspecified atom stereocenters. The van der Waals surface area contributed by atoms with E-state index >= 15 is 0 Å². The largest absolute Gasteiger partial charge is 0.494 e. The van der Waals surface area contributed by atoms with E-state index in [-0.39, 0.29) is 28.9 Å². The highest BCUT2D eigenvalue weighted by Gasteiger charge is 2.45. The standard InChI is InChI=1S/C26H26ClN3O5S/c1-4-34-20-9-7-6-8-17(20)22-18(13-28)25(30-24(32)23(22)26(33)35-5-2)36-14-21(31)29-16-11-10-15(3)19(27)12-16/h6-12,22-23H,4-5,14H2,1-3H3,(H,29,31)(H,30,32)/t22-,23+/m1/s1. The van der Waals surface area contributed by atoms with Crippen molar-refractivity contribution in [1.29, 1.82) is 5.26 Å². The number of thioether (sulfide) groups is 1. The monoisotopic (exact) mass is 527 g/mol. The van der Waals surface area contributed by atoms with E-state index in [0.717, 1.165) is 17.3 Å². The summed E-state index contributed by atoms with van der Waals surface area (Å²) in [5.74, 6) is -3.55. The van der Waals surface area contributed by atoms with Gasteiger partial charge in [-0.05, 0) is 44.5 Å². The van der Waals surface area contributed by atoms with Gasteiger partial charge in [-0.1, -0.05) is 47.6 Å². The molecule has 2 N–H and O–H groups in total. The lowest BCUT2D eigenvalue weighted by molar-refractivity contribution is -0.152. The molecule has 0 fully saturated rings. The van der Waals surface area contributed by atoms with Gasteiger partial charge in [0.15, 0.2) is 0 Å². The fourth-order valence-corrected chi connectivity index (χ4v) is 4.82. The molecule has 0 aromatic heterocycles. The first-order valence-electron chi connectivity index (χ1n) is 11.3. The molecule has 0 saturated carbocycles. The van der Waals surface area contributed by atoms with Crippen molar-refractivity contribution >= 4 is 46.8 Å². The van der Waals surface area contributed by atoms with Crippen LogP contribution in [0.2, 0.25) is 5.02 Å². The summed E-state index contributed by atoms with van der Waals surface area (Å²) in [5, 5.41) is 16.2. The molecule has 2 atom stereocenters. The van der Waals surface area contributed by atoms with Crippen LogP contribution in [-0.4, -0.2) is 36.8 Å². The molecule has 188 valence electrons. The Morgan fingerprint density at radius 1 is 1.19 bits per heavy atom. The molecule has 2 aromatic rings. The third kappa shape index (κ3) is 6.20. The minimum Gasteiger partial charge on any atom is -0.494 e. The summed E-state index contributed by atoms with van der Waals surface area (Å²) in [4.78, 5) is 38.5. The fraction of sp³-hybridized carbons (Fsp3) is 0.308. The predicted molar refractivity (Wildman–Crippen MR) is 139 cm³/mol. The molecule has 0 bridgehead atoms. The van der Waals surface area contributed by atoms with E-state index in [9.17, 15) is 19.6 Å². The SMILES string of the molecule is CCOC(=O)[C@@H]1C(=O)NC(SCC(=O)Nc2ccc(C)c(Cl)c2)=C(C#N)[C@H]1c1ccccc1OCC. The van der Waals surface area contributed by atoms with Gasteiger partial charge < -0.3 is 20.1 Å². The molecular formula is C26H26ClN3O5S. The Morgan fingerprint density at radius 2 is 1.94 bits per heavy atom. The number of esters is 1. The Hall–Kier alpha value is -3.48. The predicted octanol–water partition coefficient (Wildman–Crippen LogP) is 4.55. The van der Waals surface area contributed by atoms with Gasteiger partial charge in [0.1, 0.15) is 11.7 Å². The van der Waals surface area contributed by atoms with Gasteiger partial charge >= 0.3 is 5.97 Å². The number of anilines is 1. The summed E-state index contributed by atoms with van der Waals surface area (Å²) in [6.07, 6.45) is 0. The molecule has 10 heteroatoms. The number of ether oxygens (including phenoxy) is 2. The smallest absolute Gasteiger partial charge is 0.319 e. The van der Waals surface area contributed by atoms with E-state index in [0.29, 0.717) is 28.6 Å². The number of amides is 2. The van der Waals surface area contributed by atoms with Gasteiger partial charge in [0.2, 0.25) is 11.8 Å². The maximum Gasteiger partial charge on any atom is 0.319 e. The summed E-state index contributed by atoms with van der Waals surface area (Å²) in [6.45, 7) is 5.75. The summed E-state index contributed by atoms with van der Waals surface area (Å²) in [5.41, 5.74) is 2.08. The number of carbonyl (C=O) groups is 3. The van der Waals surface area contributed by atoms with Crippen molar-refractivity contribution in [1.82, 2.24) is 5.32 Å². The van der Waals surface area contributed by atoms with Crippen LogP contribution >= 0.6 is 23.4 Å². The van der Waals surface area contributed by atoms with E-state index < -0.39 is 23.7 Å². The van der Waals surface area contributed by atoms with Crippen LogP contribution in [-0.2, 0) is 19.1 Å². The number of carbonyl (C=O) groups excluding carboxylic acids is 3. The van der Waals surface area contributed by atoms with Crippen LogP contribution in [0.25, 0.3) is 0 Å². The number of para-hydroxylation sites is 1. The van der Waals surface area contributed by atoms with Gasteiger partial charge in [-0.15, -0.1) is 0 Å². The normalized spacial score (nSPS) is 17.1. The molecule has 8 nitrogen and oxygen atoms in total. The second-order valence-corrected chi connectivity index (χ2v) is 9.22. The third-order valence-corrected chi connectivity index (χ3v) is 6.85. The summed E-state index contributed by atoms with van der Waals surface area (Å²) < 4.78 is 10.9. The molecule has 0 radical (unpaired) electrons. The van der Waals surface area contributed by atoms with E-state index in [1.165, 1.54) is 0 Å². The summed E-state index contributed by atoms with van der Waals surface area (Å²) in [7, 11) is 0. The number of hydrogen-bond donors (Lipinski definition) is 2. The van der Waals surface area contributed by atoms with Crippen LogP contribution in [0.1, 0.15) is 30.9 Å². The van der Waals surface area contributed by atoms with Gasteiger partial charge in [-0.25, -0.2) is 0 Å². The minimum atomic E-state index is -1.28. The number of aryl methyl sites for hydroxylation is 1. The second kappa shape index (κ2) is 12.5. The fourth-order valence-electron chi connectivity index (χ4n) is 3.79. The molecule has 36 heavy (non-hydrogen) atoms. The zero-order valence-electron chi connectivity index (χ0n) is 20.1. The summed E-state index contributed by atoms with van der Waals surface area (Å²) in [6, 6.07) is 14.3. The molecule has 1 heterocycles. The molecular weight excluding hydrogens is 502 g/mol. The van der Waals surface area contributed by atoms with Crippen molar-refractivity contribution in [2.24, 2.45) is 5.92 Å². The van der Waals surface area contributed by atoms with E-state index in [4.69, 9.17) is 21.1 Å². The van der Waals surface area contributed by atoms with Gasteiger partial charge in [-0.3, -0.25) is 14.4 Å². The highest BCUT2D eigenvalue weighted by molar-refractivity contribution is 8.03. The van der Waals surface area contributed by atoms with E-state index in [2.05, 4.69) is 16.7 Å². The first kappa shape index (κ1) is 27.1. The van der Waals surface area contributed by atoms with E-state index in [1.807, 2.05) is 13.8 Å². The number of allylic oxidation sites excluding steroid dienone is 1. The van der Waals surface area contributed by atoms with Crippen LogP contribution in [0.3, 0.4) is 0 Å².